The second kappa shape index (κ2) is 6.45. The molecule has 0 saturated heterocycles. The molecule has 0 saturated carbocycles. The number of hydrogen-bond donors (Lipinski definition) is 1. The zero-order valence-corrected chi connectivity index (χ0v) is 10.3. The second-order valence-corrected chi connectivity index (χ2v) is 4.15. The molecule has 0 amide bonds. The van der Waals surface area contributed by atoms with Gasteiger partial charge in [0, 0.05) is 32.4 Å². The van der Waals surface area contributed by atoms with Crippen LogP contribution in [0.4, 0.5) is 0 Å². The summed E-state index contributed by atoms with van der Waals surface area (Å²) in [5.74, 6) is 0. The van der Waals surface area contributed by atoms with Gasteiger partial charge >= 0.3 is 0 Å². The molecular formula is C12H22N4. The van der Waals surface area contributed by atoms with E-state index in [-0.39, 0.29) is 0 Å². The van der Waals surface area contributed by atoms with Crippen LogP contribution in [0.5, 0.6) is 0 Å². The molecule has 16 heavy (non-hydrogen) atoms. The Kier molecular flexibility index (Phi) is 5.22. The highest BCUT2D eigenvalue weighted by Crippen LogP contribution is 2.04. The molecular weight excluding hydrogens is 200 g/mol. The largest absolute Gasteiger partial charge is 0.336 e. The molecule has 90 valence electrons. The lowest BCUT2D eigenvalue weighted by Gasteiger charge is -2.18. The van der Waals surface area contributed by atoms with Crippen LogP contribution in [-0.4, -0.2) is 34.1 Å². The zero-order chi connectivity index (χ0) is 12.0. The van der Waals surface area contributed by atoms with Gasteiger partial charge in [0.1, 0.15) is 0 Å². The molecule has 2 N–H and O–H groups in total. The Labute approximate surface area is 97.8 Å². The topological polar surface area (TPSA) is 47.1 Å². The first-order chi connectivity index (χ1) is 7.65. The van der Waals surface area contributed by atoms with E-state index >= 15 is 0 Å². The van der Waals surface area contributed by atoms with E-state index in [1.807, 2.05) is 10.9 Å². The summed E-state index contributed by atoms with van der Waals surface area (Å²) in [5.41, 5.74) is 7.77. The molecule has 0 bridgehead atoms. The van der Waals surface area contributed by atoms with Crippen LogP contribution in [0, 0.1) is 0 Å². The van der Waals surface area contributed by atoms with Gasteiger partial charge in [0.25, 0.3) is 0 Å². The van der Waals surface area contributed by atoms with Gasteiger partial charge in [-0.25, -0.2) is 4.98 Å². The maximum absolute atomic E-state index is 5.49. The fraction of sp³-hybridized carbons (Fsp3) is 0.583. The SMILES string of the molecule is C=C(C)CN(CC)Cc1cn(CCN)cn1. The fourth-order valence-electron chi connectivity index (χ4n) is 1.65. The van der Waals surface area contributed by atoms with Gasteiger partial charge in [0.05, 0.1) is 12.0 Å². The molecule has 0 aliphatic carbocycles. The lowest BCUT2D eigenvalue weighted by molar-refractivity contribution is 0.301. The van der Waals surface area contributed by atoms with Crippen LogP contribution in [0.25, 0.3) is 0 Å². The third-order valence-corrected chi connectivity index (χ3v) is 2.40. The summed E-state index contributed by atoms with van der Waals surface area (Å²) in [6.07, 6.45) is 3.91. The molecule has 0 spiro atoms. The van der Waals surface area contributed by atoms with Crippen molar-refractivity contribution >= 4 is 0 Å². The summed E-state index contributed by atoms with van der Waals surface area (Å²) in [6.45, 7) is 12.4. The molecule has 1 heterocycles. The van der Waals surface area contributed by atoms with E-state index in [1.165, 1.54) is 5.57 Å². The van der Waals surface area contributed by atoms with E-state index in [1.54, 1.807) is 0 Å². The van der Waals surface area contributed by atoms with Gasteiger partial charge in [0.15, 0.2) is 0 Å². The molecule has 0 aliphatic rings. The Hall–Kier alpha value is -1.13. The van der Waals surface area contributed by atoms with Gasteiger partial charge < -0.3 is 10.3 Å². The Morgan fingerprint density at radius 2 is 2.38 bits per heavy atom. The van der Waals surface area contributed by atoms with Crippen molar-refractivity contribution in [2.75, 3.05) is 19.6 Å². The first kappa shape index (κ1) is 12.9. The molecule has 0 aliphatic heterocycles. The van der Waals surface area contributed by atoms with E-state index in [9.17, 15) is 0 Å². The first-order valence-electron chi connectivity index (χ1n) is 5.73. The van der Waals surface area contributed by atoms with Crippen LogP contribution in [0.2, 0.25) is 0 Å². The van der Waals surface area contributed by atoms with Gasteiger partial charge in [-0.3, -0.25) is 4.90 Å². The molecule has 0 radical (unpaired) electrons. The number of imidazole rings is 1. The summed E-state index contributed by atoms with van der Waals surface area (Å²) in [7, 11) is 0. The summed E-state index contributed by atoms with van der Waals surface area (Å²) in [6, 6.07) is 0. The Bertz CT molecular complexity index is 330. The van der Waals surface area contributed by atoms with Crippen molar-refractivity contribution in [1.82, 2.24) is 14.5 Å². The Morgan fingerprint density at radius 1 is 1.62 bits per heavy atom. The first-order valence-corrected chi connectivity index (χ1v) is 5.73. The van der Waals surface area contributed by atoms with Gasteiger partial charge in [-0.05, 0) is 13.5 Å². The maximum Gasteiger partial charge on any atom is 0.0950 e. The minimum Gasteiger partial charge on any atom is -0.336 e. The summed E-state index contributed by atoms with van der Waals surface area (Å²) in [5, 5.41) is 0. The lowest BCUT2D eigenvalue weighted by Crippen LogP contribution is -2.24. The van der Waals surface area contributed by atoms with Crippen molar-refractivity contribution in [3.05, 3.63) is 30.4 Å². The molecule has 1 aromatic rings. The Balaban J connectivity index is 2.52. The van der Waals surface area contributed by atoms with E-state index in [4.69, 9.17) is 5.73 Å². The molecule has 1 rings (SSSR count). The minimum atomic E-state index is 0.652. The highest BCUT2D eigenvalue weighted by molar-refractivity contribution is 4.99. The van der Waals surface area contributed by atoms with Crippen LogP contribution >= 0.6 is 0 Å². The van der Waals surface area contributed by atoms with E-state index in [0.29, 0.717) is 6.54 Å². The predicted octanol–water partition coefficient (Wildman–Crippen LogP) is 1.24. The monoisotopic (exact) mass is 222 g/mol. The van der Waals surface area contributed by atoms with Crippen molar-refractivity contribution in [3.8, 4) is 0 Å². The van der Waals surface area contributed by atoms with Crippen molar-refractivity contribution < 1.29 is 0 Å². The number of aromatic nitrogens is 2. The van der Waals surface area contributed by atoms with Gasteiger partial charge in [0.2, 0.25) is 0 Å². The van der Waals surface area contributed by atoms with Gasteiger partial charge in [-0.15, -0.1) is 0 Å². The molecule has 4 nitrogen and oxygen atoms in total. The third-order valence-electron chi connectivity index (χ3n) is 2.40. The smallest absolute Gasteiger partial charge is 0.0950 e. The predicted molar refractivity (Wildman–Crippen MR) is 67.0 cm³/mol. The van der Waals surface area contributed by atoms with Crippen LogP contribution in [0.1, 0.15) is 19.5 Å². The number of rotatable bonds is 7. The molecule has 1 aromatic heterocycles. The van der Waals surface area contributed by atoms with Crippen LogP contribution in [-0.2, 0) is 13.1 Å². The average Bonchev–Trinajstić information content (AvgIpc) is 2.64. The molecule has 4 heteroatoms. The van der Waals surface area contributed by atoms with E-state index in [0.717, 1.165) is 31.9 Å². The highest BCUT2D eigenvalue weighted by Gasteiger charge is 2.06. The number of hydrogen-bond acceptors (Lipinski definition) is 3. The second-order valence-electron chi connectivity index (χ2n) is 4.15. The highest BCUT2D eigenvalue weighted by atomic mass is 15.1. The Morgan fingerprint density at radius 3 is 2.94 bits per heavy atom. The van der Waals surface area contributed by atoms with E-state index < -0.39 is 0 Å². The average molecular weight is 222 g/mol. The van der Waals surface area contributed by atoms with E-state index in [2.05, 4.69) is 36.5 Å². The zero-order valence-electron chi connectivity index (χ0n) is 10.3. The summed E-state index contributed by atoms with van der Waals surface area (Å²) < 4.78 is 2.03. The minimum absolute atomic E-state index is 0.652. The summed E-state index contributed by atoms with van der Waals surface area (Å²) in [4.78, 5) is 6.68. The molecule has 0 unspecified atom stereocenters. The lowest BCUT2D eigenvalue weighted by atomic mass is 10.3. The maximum atomic E-state index is 5.49. The van der Waals surface area contributed by atoms with Crippen molar-refractivity contribution in [1.29, 1.82) is 0 Å². The molecule has 0 aromatic carbocycles. The number of nitrogens with zero attached hydrogens (tertiary/aromatic N) is 3. The van der Waals surface area contributed by atoms with Crippen LogP contribution < -0.4 is 5.73 Å². The molecule has 0 fully saturated rings. The van der Waals surface area contributed by atoms with Gasteiger partial charge in [-0.2, -0.15) is 0 Å². The van der Waals surface area contributed by atoms with Crippen molar-refractivity contribution in [2.24, 2.45) is 5.73 Å². The third kappa shape index (κ3) is 4.16. The van der Waals surface area contributed by atoms with Crippen molar-refractivity contribution in [2.45, 2.75) is 26.9 Å². The van der Waals surface area contributed by atoms with Crippen LogP contribution in [0.15, 0.2) is 24.7 Å². The van der Waals surface area contributed by atoms with Crippen molar-refractivity contribution in [3.63, 3.8) is 0 Å². The molecule has 0 atom stereocenters. The quantitative estimate of drug-likeness (QED) is 0.706. The number of nitrogens with two attached hydrogens (primary N) is 1. The summed E-state index contributed by atoms with van der Waals surface area (Å²) >= 11 is 0. The van der Waals surface area contributed by atoms with Gasteiger partial charge in [-0.1, -0.05) is 19.1 Å². The normalized spacial score (nSPS) is 11.0. The standard InChI is InChI=1S/C12H22N4/c1-4-15(7-11(2)3)8-12-9-16(6-5-13)10-14-12/h9-10H,2,4-8,13H2,1,3H3. The number of likely N-dealkylation sites (N-methyl/N-ethyl adjacent to an activating group) is 1. The fourth-order valence-corrected chi connectivity index (χ4v) is 1.65. The van der Waals surface area contributed by atoms with Crippen LogP contribution in [0.3, 0.4) is 0 Å².